The van der Waals surface area contributed by atoms with Crippen molar-refractivity contribution in [2.45, 2.75) is 30.7 Å². The van der Waals surface area contributed by atoms with Gasteiger partial charge in [-0.3, -0.25) is 0 Å². The minimum atomic E-state index is -1.75. The van der Waals surface area contributed by atoms with Gasteiger partial charge >= 0.3 is 29.8 Å². The Labute approximate surface area is 298 Å². The summed E-state index contributed by atoms with van der Waals surface area (Å²) in [5, 5.41) is 0. The Kier molecular flexibility index (Phi) is 11.4. The summed E-state index contributed by atoms with van der Waals surface area (Å²) in [5.41, 5.74) is 0.762. The van der Waals surface area contributed by atoms with Crippen molar-refractivity contribution in [1.82, 2.24) is 0 Å². The van der Waals surface area contributed by atoms with Gasteiger partial charge in [0, 0.05) is 0 Å². The van der Waals surface area contributed by atoms with Crippen molar-refractivity contribution in [3.63, 3.8) is 0 Å². The number of hydrogen-bond donors (Lipinski definition) is 0. The third-order valence-electron chi connectivity index (χ3n) is 7.97. The lowest BCUT2D eigenvalue weighted by Gasteiger charge is -2.43. The molecule has 1 heterocycles. The Morgan fingerprint density at radius 2 is 0.692 bits per heavy atom. The van der Waals surface area contributed by atoms with Crippen molar-refractivity contribution in [2.75, 3.05) is 6.61 Å². The summed E-state index contributed by atoms with van der Waals surface area (Å²) in [6.45, 7) is -0.557. The molecular formula is C41H32O11. The van der Waals surface area contributed by atoms with Gasteiger partial charge in [-0.25, -0.2) is 24.0 Å². The monoisotopic (exact) mass is 700 g/mol. The summed E-state index contributed by atoms with van der Waals surface area (Å²) in [7, 11) is 0. The van der Waals surface area contributed by atoms with Gasteiger partial charge in [-0.2, -0.15) is 0 Å². The van der Waals surface area contributed by atoms with E-state index >= 15 is 0 Å². The van der Waals surface area contributed by atoms with Gasteiger partial charge in [0.15, 0.2) is 12.2 Å². The van der Waals surface area contributed by atoms with E-state index in [0.29, 0.717) is 0 Å². The fourth-order valence-electron chi connectivity index (χ4n) is 5.37. The molecular weight excluding hydrogens is 668 g/mol. The number of ether oxygens (including phenoxy) is 6. The zero-order chi connectivity index (χ0) is 36.3. The smallest absolute Gasteiger partial charge is 0.340 e. The van der Waals surface area contributed by atoms with Gasteiger partial charge in [-0.15, -0.1) is 0 Å². The molecule has 5 aromatic rings. The van der Waals surface area contributed by atoms with Gasteiger partial charge in [0.1, 0.15) is 12.7 Å². The summed E-state index contributed by atoms with van der Waals surface area (Å²) in [4.78, 5) is 67.4. The van der Waals surface area contributed by atoms with Crippen molar-refractivity contribution in [1.29, 1.82) is 0 Å². The Bertz CT molecular complexity index is 1970. The van der Waals surface area contributed by atoms with E-state index < -0.39 is 67.2 Å². The molecule has 0 N–H and O–H groups in total. The summed E-state index contributed by atoms with van der Waals surface area (Å²) in [6.07, 6.45) is -8.07. The van der Waals surface area contributed by atoms with Crippen LogP contribution in [0.1, 0.15) is 51.8 Å². The van der Waals surface area contributed by atoms with E-state index in [9.17, 15) is 24.0 Å². The maximum absolute atomic E-state index is 13.7. The van der Waals surface area contributed by atoms with Crippen molar-refractivity contribution in [3.05, 3.63) is 179 Å². The lowest BCUT2D eigenvalue weighted by molar-refractivity contribution is -0.282. The van der Waals surface area contributed by atoms with Crippen LogP contribution in [0, 0.1) is 0 Å². The number of carbonyl (C=O) groups is 5. The van der Waals surface area contributed by atoms with E-state index in [1.165, 1.54) is 48.5 Å². The Morgan fingerprint density at radius 1 is 0.385 bits per heavy atom. The highest BCUT2D eigenvalue weighted by atomic mass is 16.7. The molecule has 0 spiro atoms. The van der Waals surface area contributed by atoms with Gasteiger partial charge in [0.25, 0.3) is 0 Å². The number of rotatable bonds is 11. The number of esters is 5. The topological polar surface area (TPSA) is 141 Å². The van der Waals surface area contributed by atoms with Crippen LogP contribution in [0.5, 0.6) is 0 Å². The highest BCUT2D eigenvalue weighted by Gasteiger charge is 2.54. The second-order valence-corrected chi connectivity index (χ2v) is 11.5. The Balaban J connectivity index is 1.41. The maximum atomic E-state index is 13.7. The molecule has 1 fully saturated rings. The first-order valence-corrected chi connectivity index (χ1v) is 16.3. The van der Waals surface area contributed by atoms with Crippen LogP contribution in [0.4, 0.5) is 0 Å². The average molecular weight is 701 g/mol. The van der Waals surface area contributed by atoms with Crippen molar-refractivity contribution >= 4 is 29.8 Å². The summed E-state index contributed by atoms with van der Waals surface area (Å²) >= 11 is 0. The molecule has 0 bridgehead atoms. The number of carbonyl (C=O) groups excluding carboxylic acids is 5. The van der Waals surface area contributed by atoms with E-state index in [-0.39, 0.29) is 27.8 Å². The Hall–Kier alpha value is -6.59. The highest BCUT2D eigenvalue weighted by molar-refractivity contribution is 5.92. The summed E-state index contributed by atoms with van der Waals surface area (Å²) in [5.74, 6) is -4.19. The summed E-state index contributed by atoms with van der Waals surface area (Å²) in [6, 6.07) is 40.0. The molecule has 52 heavy (non-hydrogen) atoms. The van der Waals surface area contributed by atoms with E-state index in [1.54, 1.807) is 103 Å². The van der Waals surface area contributed by atoms with Crippen LogP contribution in [0.3, 0.4) is 0 Å². The van der Waals surface area contributed by atoms with Gasteiger partial charge in [-0.05, 0) is 60.7 Å². The molecule has 11 heteroatoms. The third-order valence-corrected chi connectivity index (χ3v) is 7.97. The van der Waals surface area contributed by atoms with E-state index in [0.717, 1.165) is 0 Å². The third kappa shape index (κ3) is 8.76. The van der Waals surface area contributed by atoms with Crippen LogP contribution in [0.15, 0.2) is 152 Å². The molecule has 1 saturated heterocycles. The van der Waals surface area contributed by atoms with Crippen LogP contribution in [0.2, 0.25) is 0 Å². The molecule has 0 saturated carbocycles. The maximum Gasteiger partial charge on any atom is 0.340 e. The lowest BCUT2D eigenvalue weighted by atomic mass is 9.97. The molecule has 262 valence electrons. The SMILES string of the molecule is O=C(OC[C@H]1OC(OC(=O)c2ccccc2)[C@@H](OC(=O)c2ccccc2)[C@@H](OC(=O)c2ccccc2)[C@@H]1OC(=O)c1ccccc1)c1ccccc1. The molecule has 0 radical (unpaired) electrons. The number of hydrogen-bond acceptors (Lipinski definition) is 11. The molecule has 5 aromatic carbocycles. The van der Waals surface area contributed by atoms with Crippen molar-refractivity contribution in [3.8, 4) is 0 Å². The zero-order valence-corrected chi connectivity index (χ0v) is 27.5. The fourth-order valence-corrected chi connectivity index (χ4v) is 5.37. The van der Waals surface area contributed by atoms with Crippen LogP contribution in [-0.2, 0) is 28.4 Å². The second kappa shape index (κ2) is 16.9. The van der Waals surface area contributed by atoms with E-state index in [1.807, 2.05) is 0 Å². The van der Waals surface area contributed by atoms with E-state index in [2.05, 4.69) is 0 Å². The van der Waals surface area contributed by atoms with Crippen molar-refractivity contribution in [2.24, 2.45) is 0 Å². The second-order valence-electron chi connectivity index (χ2n) is 11.5. The Morgan fingerprint density at radius 3 is 1.08 bits per heavy atom. The molecule has 11 nitrogen and oxygen atoms in total. The highest BCUT2D eigenvalue weighted by Crippen LogP contribution is 2.32. The first kappa shape index (κ1) is 35.2. The first-order chi connectivity index (χ1) is 25.4. The molecule has 0 aromatic heterocycles. The summed E-state index contributed by atoms with van der Waals surface area (Å²) < 4.78 is 35.5. The molecule has 6 rings (SSSR count). The molecule has 1 unspecified atom stereocenters. The van der Waals surface area contributed by atoms with Gasteiger partial charge < -0.3 is 28.4 Å². The normalized spacial score (nSPS) is 19.3. The van der Waals surface area contributed by atoms with Crippen LogP contribution in [0.25, 0.3) is 0 Å². The standard InChI is InChI=1S/C41H32O11/c42-36(27-16-6-1-7-17-27)47-26-32-33(49-37(43)28-18-8-2-9-19-28)34(50-38(44)29-20-10-3-11-21-29)35(51-39(45)30-22-12-4-13-23-30)41(48-32)52-40(46)31-24-14-5-15-25-31/h1-25,32-35,41H,26H2/t32-,33-,34+,35+,41?/m1/s1. The number of benzene rings is 5. The van der Waals surface area contributed by atoms with Crippen LogP contribution >= 0.6 is 0 Å². The van der Waals surface area contributed by atoms with Gasteiger partial charge in [0.2, 0.25) is 12.4 Å². The van der Waals surface area contributed by atoms with Crippen LogP contribution < -0.4 is 0 Å². The zero-order valence-electron chi connectivity index (χ0n) is 27.5. The van der Waals surface area contributed by atoms with Gasteiger partial charge in [0.05, 0.1) is 27.8 Å². The average Bonchev–Trinajstić information content (AvgIpc) is 3.20. The van der Waals surface area contributed by atoms with Crippen LogP contribution in [-0.4, -0.2) is 67.2 Å². The first-order valence-electron chi connectivity index (χ1n) is 16.3. The molecule has 1 aliphatic rings. The quantitative estimate of drug-likeness (QED) is 0.117. The van der Waals surface area contributed by atoms with E-state index in [4.69, 9.17) is 28.4 Å². The minimum Gasteiger partial charge on any atom is -0.459 e. The van der Waals surface area contributed by atoms with Gasteiger partial charge in [-0.1, -0.05) is 91.0 Å². The molecule has 5 atom stereocenters. The largest absolute Gasteiger partial charge is 0.459 e. The molecule has 1 aliphatic heterocycles. The predicted octanol–water partition coefficient (Wildman–Crippen LogP) is 6.10. The lowest BCUT2D eigenvalue weighted by Crippen LogP contribution is -2.63. The minimum absolute atomic E-state index is 0.125. The predicted molar refractivity (Wildman–Crippen MR) is 184 cm³/mol. The fraction of sp³-hybridized carbons (Fsp3) is 0.146. The molecule has 0 amide bonds. The molecule has 0 aliphatic carbocycles. The van der Waals surface area contributed by atoms with Crippen molar-refractivity contribution < 1.29 is 52.4 Å².